The SMILES string of the molecule is Cc1cc(C)c(CC(Br)CC(C)C)c(C)c1. The van der Waals surface area contributed by atoms with E-state index in [1.54, 1.807) is 0 Å². The maximum absolute atomic E-state index is 3.80. The van der Waals surface area contributed by atoms with Gasteiger partial charge in [0.15, 0.2) is 0 Å². The molecule has 0 saturated heterocycles. The highest BCUT2D eigenvalue weighted by Crippen LogP contribution is 2.23. The number of halogens is 1. The van der Waals surface area contributed by atoms with E-state index in [1.165, 1.54) is 28.7 Å². The van der Waals surface area contributed by atoms with Crippen molar-refractivity contribution in [2.24, 2.45) is 5.92 Å². The van der Waals surface area contributed by atoms with E-state index in [1.807, 2.05) is 0 Å². The Morgan fingerprint density at radius 3 is 2.00 bits per heavy atom. The Balaban J connectivity index is 2.81. The standard InChI is InChI=1S/C15H23Br/c1-10(2)6-14(16)9-15-12(4)7-11(3)8-13(15)5/h7-8,10,14H,6,9H2,1-5H3. The molecule has 0 nitrogen and oxygen atoms in total. The van der Waals surface area contributed by atoms with Gasteiger partial charge in [-0.15, -0.1) is 0 Å². The van der Waals surface area contributed by atoms with Gasteiger partial charge in [0.05, 0.1) is 0 Å². The zero-order valence-electron chi connectivity index (χ0n) is 11.1. The van der Waals surface area contributed by atoms with E-state index in [0.29, 0.717) is 4.83 Å². The molecular weight excluding hydrogens is 260 g/mol. The Morgan fingerprint density at radius 2 is 1.56 bits per heavy atom. The second kappa shape index (κ2) is 5.86. The van der Waals surface area contributed by atoms with Crippen molar-refractivity contribution in [3.05, 3.63) is 34.4 Å². The van der Waals surface area contributed by atoms with Crippen LogP contribution in [0.1, 0.15) is 42.5 Å². The number of benzene rings is 1. The highest BCUT2D eigenvalue weighted by atomic mass is 79.9. The third-order valence-corrected chi connectivity index (χ3v) is 3.69. The molecule has 0 aliphatic rings. The lowest BCUT2D eigenvalue weighted by Crippen LogP contribution is -2.09. The van der Waals surface area contributed by atoms with Gasteiger partial charge >= 0.3 is 0 Å². The van der Waals surface area contributed by atoms with Crippen LogP contribution in [-0.4, -0.2) is 4.83 Å². The molecule has 0 heterocycles. The lowest BCUT2D eigenvalue weighted by molar-refractivity contribution is 0.570. The number of rotatable bonds is 4. The molecule has 1 atom stereocenters. The van der Waals surface area contributed by atoms with Gasteiger partial charge in [0.2, 0.25) is 0 Å². The molecule has 16 heavy (non-hydrogen) atoms. The van der Waals surface area contributed by atoms with Crippen LogP contribution in [-0.2, 0) is 6.42 Å². The zero-order chi connectivity index (χ0) is 12.3. The first-order chi connectivity index (χ1) is 7.40. The number of hydrogen-bond acceptors (Lipinski definition) is 0. The summed E-state index contributed by atoms with van der Waals surface area (Å²) in [4.78, 5) is 0.604. The summed E-state index contributed by atoms with van der Waals surface area (Å²) in [5.74, 6) is 0.760. The number of alkyl halides is 1. The Morgan fingerprint density at radius 1 is 1.06 bits per heavy atom. The Hall–Kier alpha value is -0.300. The molecule has 1 aromatic rings. The minimum atomic E-state index is 0.604. The zero-order valence-corrected chi connectivity index (χ0v) is 12.7. The van der Waals surface area contributed by atoms with Gasteiger partial charge < -0.3 is 0 Å². The van der Waals surface area contributed by atoms with E-state index in [0.717, 1.165) is 12.3 Å². The summed E-state index contributed by atoms with van der Waals surface area (Å²) in [6.45, 7) is 11.2. The van der Waals surface area contributed by atoms with Gasteiger partial charge in [-0.05, 0) is 56.2 Å². The summed E-state index contributed by atoms with van der Waals surface area (Å²) in [7, 11) is 0. The van der Waals surface area contributed by atoms with E-state index < -0.39 is 0 Å². The second-order valence-corrected chi connectivity index (χ2v) is 6.60. The van der Waals surface area contributed by atoms with Gasteiger partial charge in [0, 0.05) is 4.83 Å². The highest BCUT2D eigenvalue weighted by molar-refractivity contribution is 9.09. The average molecular weight is 283 g/mol. The third kappa shape index (κ3) is 3.93. The van der Waals surface area contributed by atoms with Crippen molar-refractivity contribution in [3.63, 3.8) is 0 Å². The molecule has 1 unspecified atom stereocenters. The Labute approximate surface area is 109 Å². The van der Waals surface area contributed by atoms with Crippen molar-refractivity contribution in [1.29, 1.82) is 0 Å². The summed E-state index contributed by atoms with van der Waals surface area (Å²) in [6, 6.07) is 4.58. The lowest BCUT2D eigenvalue weighted by Gasteiger charge is -2.16. The van der Waals surface area contributed by atoms with Crippen LogP contribution in [0.3, 0.4) is 0 Å². The van der Waals surface area contributed by atoms with Crippen molar-refractivity contribution in [1.82, 2.24) is 0 Å². The van der Waals surface area contributed by atoms with E-state index in [2.05, 4.69) is 62.7 Å². The minimum absolute atomic E-state index is 0.604. The van der Waals surface area contributed by atoms with E-state index in [-0.39, 0.29) is 0 Å². The maximum atomic E-state index is 3.80. The molecule has 0 aliphatic heterocycles. The first kappa shape index (κ1) is 13.8. The molecule has 0 radical (unpaired) electrons. The quantitative estimate of drug-likeness (QED) is 0.685. The summed E-state index contributed by atoms with van der Waals surface area (Å²) in [5.41, 5.74) is 5.76. The van der Waals surface area contributed by atoms with Crippen molar-refractivity contribution >= 4 is 15.9 Å². The van der Waals surface area contributed by atoms with E-state index >= 15 is 0 Å². The number of aryl methyl sites for hydroxylation is 3. The summed E-state index contributed by atoms with van der Waals surface area (Å²) in [6.07, 6.45) is 2.39. The van der Waals surface area contributed by atoms with Gasteiger partial charge in [-0.25, -0.2) is 0 Å². The molecule has 0 bridgehead atoms. The van der Waals surface area contributed by atoms with Crippen molar-refractivity contribution < 1.29 is 0 Å². The summed E-state index contributed by atoms with van der Waals surface area (Å²) >= 11 is 3.80. The van der Waals surface area contributed by atoms with Gasteiger partial charge in [-0.3, -0.25) is 0 Å². The van der Waals surface area contributed by atoms with E-state index in [9.17, 15) is 0 Å². The third-order valence-electron chi connectivity index (χ3n) is 2.99. The topological polar surface area (TPSA) is 0 Å². The first-order valence-corrected chi connectivity index (χ1v) is 7.02. The van der Waals surface area contributed by atoms with Crippen LogP contribution in [0.25, 0.3) is 0 Å². The molecule has 0 spiro atoms. The molecule has 0 aliphatic carbocycles. The highest BCUT2D eigenvalue weighted by Gasteiger charge is 2.11. The molecule has 1 rings (SSSR count). The molecule has 0 amide bonds. The molecule has 1 aromatic carbocycles. The fraction of sp³-hybridized carbons (Fsp3) is 0.600. The Bertz CT molecular complexity index is 329. The summed E-state index contributed by atoms with van der Waals surface area (Å²) in [5, 5.41) is 0. The van der Waals surface area contributed by atoms with Crippen molar-refractivity contribution in [2.75, 3.05) is 0 Å². The molecule has 0 fully saturated rings. The molecule has 0 aromatic heterocycles. The van der Waals surface area contributed by atoms with Gasteiger partial charge in [0.25, 0.3) is 0 Å². The van der Waals surface area contributed by atoms with Gasteiger partial charge in [-0.1, -0.05) is 47.5 Å². The van der Waals surface area contributed by atoms with Crippen molar-refractivity contribution in [2.45, 2.75) is 52.3 Å². The molecule has 0 N–H and O–H groups in total. The maximum Gasteiger partial charge on any atom is 0.0188 e. The van der Waals surface area contributed by atoms with E-state index in [4.69, 9.17) is 0 Å². The number of hydrogen-bond donors (Lipinski definition) is 0. The largest absolute Gasteiger partial charge is 0.0887 e. The summed E-state index contributed by atoms with van der Waals surface area (Å²) < 4.78 is 0. The van der Waals surface area contributed by atoms with Crippen LogP contribution < -0.4 is 0 Å². The van der Waals surface area contributed by atoms with Crippen LogP contribution in [0.15, 0.2) is 12.1 Å². The van der Waals surface area contributed by atoms with Gasteiger partial charge in [0.1, 0.15) is 0 Å². The van der Waals surface area contributed by atoms with Crippen LogP contribution in [0.4, 0.5) is 0 Å². The predicted octanol–water partition coefficient (Wildman–Crippen LogP) is 4.96. The monoisotopic (exact) mass is 282 g/mol. The lowest BCUT2D eigenvalue weighted by atomic mass is 9.94. The first-order valence-electron chi connectivity index (χ1n) is 6.11. The Kier molecular flexibility index (Phi) is 5.04. The van der Waals surface area contributed by atoms with Crippen molar-refractivity contribution in [3.8, 4) is 0 Å². The van der Waals surface area contributed by atoms with Crippen LogP contribution in [0.5, 0.6) is 0 Å². The van der Waals surface area contributed by atoms with Crippen LogP contribution >= 0.6 is 15.9 Å². The fourth-order valence-electron chi connectivity index (χ4n) is 2.35. The molecular formula is C15H23Br. The van der Waals surface area contributed by atoms with Crippen LogP contribution in [0, 0.1) is 26.7 Å². The normalized spacial score (nSPS) is 13.2. The molecule has 90 valence electrons. The second-order valence-electron chi connectivity index (χ2n) is 5.31. The van der Waals surface area contributed by atoms with Gasteiger partial charge in [-0.2, -0.15) is 0 Å². The predicted molar refractivity (Wildman–Crippen MR) is 76.5 cm³/mol. The minimum Gasteiger partial charge on any atom is -0.0887 e. The molecule has 1 heteroatoms. The van der Waals surface area contributed by atoms with Crippen LogP contribution in [0.2, 0.25) is 0 Å². The smallest absolute Gasteiger partial charge is 0.0188 e. The molecule has 0 saturated carbocycles. The fourth-order valence-corrected chi connectivity index (χ4v) is 3.42. The average Bonchev–Trinajstić information content (AvgIpc) is 2.09.